The molecule has 48 valence electrons. The summed E-state index contributed by atoms with van der Waals surface area (Å²) >= 11 is 0. The van der Waals surface area contributed by atoms with Crippen molar-refractivity contribution >= 4 is 11.9 Å². The van der Waals surface area contributed by atoms with E-state index in [1.165, 1.54) is 5.94 Å². The van der Waals surface area contributed by atoms with E-state index in [9.17, 15) is 9.59 Å². The van der Waals surface area contributed by atoms with Crippen molar-refractivity contribution in [3.63, 3.8) is 0 Å². The fourth-order valence-electron chi connectivity index (χ4n) is 0.217. The maximum absolute atomic E-state index is 10.2. The molecular formula is C6H6O3. The van der Waals surface area contributed by atoms with Gasteiger partial charge in [0.05, 0.1) is 0 Å². The van der Waals surface area contributed by atoms with Gasteiger partial charge >= 0.3 is 5.97 Å². The van der Waals surface area contributed by atoms with Crippen molar-refractivity contribution in [1.29, 1.82) is 0 Å². The van der Waals surface area contributed by atoms with Crippen molar-refractivity contribution in [3.8, 4) is 0 Å². The number of carbonyl (C=O) groups is 1. The molecular weight excluding hydrogens is 120 g/mol. The summed E-state index contributed by atoms with van der Waals surface area (Å²) in [5.74, 6) is 0.920. The number of carbonyl (C=O) groups excluding carboxylic acids is 2. The predicted octanol–water partition coefficient (Wildman–Crippen LogP) is 0.103. The minimum Gasteiger partial charge on any atom is -0.458 e. The van der Waals surface area contributed by atoms with Gasteiger partial charge in [0, 0.05) is 12.2 Å². The second-order valence-electron chi connectivity index (χ2n) is 1.16. The normalized spacial score (nSPS) is 7.11. The number of hydrogen-bond acceptors (Lipinski definition) is 3. The summed E-state index contributed by atoms with van der Waals surface area (Å²) in [4.78, 5) is 19.7. The Kier molecular flexibility index (Phi) is 4.09. The van der Waals surface area contributed by atoms with Crippen LogP contribution in [0.1, 0.15) is 0 Å². The van der Waals surface area contributed by atoms with Crippen LogP contribution in [0.25, 0.3) is 0 Å². The first-order valence-electron chi connectivity index (χ1n) is 2.29. The van der Waals surface area contributed by atoms with Gasteiger partial charge in [0.2, 0.25) is 0 Å². The number of esters is 1. The first kappa shape index (κ1) is 7.66. The Morgan fingerprint density at radius 1 is 1.78 bits per heavy atom. The average molecular weight is 126 g/mol. The van der Waals surface area contributed by atoms with Gasteiger partial charge in [-0.3, -0.25) is 0 Å². The highest BCUT2D eigenvalue weighted by molar-refractivity contribution is 5.81. The van der Waals surface area contributed by atoms with Gasteiger partial charge in [0.1, 0.15) is 12.5 Å². The molecule has 0 aliphatic heterocycles. The largest absolute Gasteiger partial charge is 0.458 e. The van der Waals surface area contributed by atoms with Crippen molar-refractivity contribution in [2.75, 3.05) is 6.61 Å². The highest BCUT2D eigenvalue weighted by Gasteiger charge is 1.89. The molecule has 0 spiro atoms. The van der Waals surface area contributed by atoms with Crippen molar-refractivity contribution in [1.82, 2.24) is 0 Å². The Morgan fingerprint density at radius 2 is 2.44 bits per heavy atom. The topological polar surface area (TPSA) is 43.4 Å². The lowest BCUT2D eigenvalue weighted by Crippen LogP contribution is -1.98. The maximum atomic E-state index is 10.2. The maximum Gasteiger partial charge on any atom is 0.330 e. The zero-order valence-electron chi connectivity index (χ0n) is 4.79. The fourth-order valence-corrected chi connectivity index (χ4v) is 0.217. The monoisotopic (exact) mass is 126 g/mol. The molecule has 0 saturated carbocycles. The molecule has 0 amide bonds. The molecule has 0 saturated heterocycles. The van der Waals surface area contributed by atoms with Gasteiger partial charge < -0.3 is 4.74 Å². The molecule has 9 heavy (non-hydrogen) atoms. The van der Waals surface area contributed by atoms with E-state index >= 15 is 0 Å². The van der Waals surface area contributed by atoms with Gasteiger partial charge in [0.15, 0.2) is 0 Å². The minimum absolute atomic E-state index is 0.0334. The Labute approximate surface area is 52.6 Å². The molecule has 0 aromatic rings. The smallest absolute Gasteiger partial charge is 0.330 e. The highest BCUT2D eigenvalue weighted by Crippen LogP contribution is 1.76. The molecule has 0 aliphatic rings. The van der Waals surface area contributed by atoms with Gasteiger partial charge in [0.25, 0.3) is 0 Å². The highest BCUT2D eigenvalue weighted by atomic mass is 16.5. The standard InChI is InChI=1S/C6H6O3/c1-2-6(8)9-5-3-4-7/h2-3H,1,5H2. The van der Waals surface area contributed by atoms with Crippen LogP contribution in [0, 0.1) is 0 Å². The molecule has 0 atom stereocenters. The van der Waals surface area contributed by atoms with Crippen LogP contribution in [0.4, 0.5) is 0 Å². The van der Waals surface area contributed by atoms with Crippen LogP contribution in [0.5, 0.6) is 0 Å². The first-order chi connectivity index (χ1) is 4.31. The van der Waals surface area contributed by atoms with E-state index in [1.54, 1.807) is 0 Å². The molecule has 0 rings (SSSR count). The van der Waals surface area contributed by atoms with Crippen LogP contribution in [-0.4, -0.2) is 18.5 Å². The van der Waals surface area contributed by atoms with E-state index in [0.29, 0.717) is 0 Å². The van der Waals surface area contributed by atoms with Crippen LogP contribution in [-0.2, 0) is 14.3 Å². The third-order valence-corrected chi connectivity index (χ3v) is 0.559. The van der Waals surface area contributed by atoms with Crippen molar-refractivity contribution < 1.29 is 14.3 Å². The number of hydrogen-bond donors (Lipinski definition) is 0. The fraction of sp³-hybridized carbons (Fsp3) is 0.167. The Bertz CT molecular complexity index is 154. The summed E-state index contributed by atoms with van der Waals surface area (Å²) in [6.07, 6.45) is 2.10. The van der Waals surface area contributed by atoms with Crippen LogP contribution >= 0.6 is 0 Å². The minimum atomic E-state index is -0.540. The number of ether oxygens (including phenoxy) is 1. The van der Waals surface area contributed by atoms with Crippen LogP contribution in [0.2, 0.25) is 0 Å². The lowest BCUT2D eigenvalue weighted by Gasteiger charge is -1.91. The third-order valence-electron chi connectivity index (χ3n) is 0.559. The molecule has 0 N–H and O–H groups in total. The lowest BCUT2D eigenvalue weighted by atomic mass is 10.6. The second-order valence-corrected chi connectivity index (χ2v) is 1.16. The predicted molar refractivity (Wildman–Crippen MR) is 31.4 cm³/mol. The molecule has 0 aromatic carbocycles. The van der Waals surface area contributed by atoms with Crippen molar-refractivity contribution in [2.24, 2.45) is 0 Å². The Hall–Kier alpha value is -1.34. The molecule has 3 nitrogen and oxygen atoms in total. The van der Waals surface area contributed by atoms with E-state index in [4.69, 9.17) is 0 Å². The quantitative estimate of drug-likeness (QED) is 0.306. The zero-order valence-corrected chi connectivity index (χ0v) is 4.79. The summed E-state index contributed by atoms with van der Waals surface area (Å²) in [5.41, 5.74) is 0. The molecule has 0 aromatic heterocycles. The summed E-state index contributed by atoms with van der Waals surface area (Å²) in [6.45, 7) is 3.12. The second kappa shape index (κ2) is 4.81. The average Bonchev–Trinajstić information content (AvgIpc) is 1.89. The molecule has 0 heterocycles. The summed E-state index contributed by atoms with van der Waals surface area (Å²) < 4.78 is 4.36. The van der Waals surface area contributed by atoms with E-state index in [-0.39, 0.29) is 6.61 Å². The summed E-state index contributed by atoms with van der Waals surface area (Å²) in [5, 5.41) is 0. The third kappa shape index (κ3) is 4.51. The molecule has 0 unspecified atom stereocenters. The molecule has 3 heteroatoms. The van der Waals surface area contributed by atoms with E-state index in [2.05, 4.69) is 11.3 Å². The van der Waals surface area contributed by atoms with Crippen molar-refractivity contribution in [3.05, 3.63) is 18.7 Å². The van der Waals surface area contributed by atoms with E-state index < -0.39 is 5.97 Å². The summed E-state index contributed by atoms with van der Waals surface area (Å²) in [6, 6.07) is 0. The Morgan fingerprint density at radius 3 is 2.89 bits per heavy atom. The van der Waals surface area contributed by atoms with Gasteiger partial charge in [-0.05, 0) is 0 Å². The number of rotatable bonds is 3. The van der Waals surface area contributed by atoms with Gasteiger partial charge in [-0.25, -0.2) is 9.59 Å². The van der Waals surface area contributed by atoms with Crippen LogP contribution < -0.4 is 0 Å². The molecule has 0 radical (unpaired) electrons. The van der Waals surface area contributed by atoms with Crippen LogP contribution in [0.15, 0.2) is 18.7 Å². The zero-order chi connectivity index (χ0) is 7.11. The van der Waals surface area contributed by atoms with E-state index in [0.717, 1.165) is 12.2 Å². The van der Waals surface area contributed by atoms with Gasteiger partial charge in [-0.2, -0.15) is 0 Å². The summed E-state index contributed by atoms with van der Waals surface area (Å²) in [7, 11) is 0. The molecule has 0 aliphatic carbocycles. The Balaban J connectivity index is 3.38. The van der Waals surface area contributed by atoms with Crippen molar-refractivity contribution in [2.45, 2.75) is 0 Å². The van der Waals surface area contributed by atoms with E-state index in [1.807, 2.05) is 0 Å². The van der Waals surface area contributed by atoms with Gasteiger partial charge in [-0.1, -0.05) is 6.58 Å². The van der Waals surface area contributed by atoms with Gasteiger partial charge in [-0.15, -0.1) is 0 Å². The first-order valence-corrected chi connectivity index (χ1v) is 2.29. The molecule has 0 fully saturated rings. The van der Waals surface area contributed by atoms with Crippen LogP contribution in [0.3, 0.4) is 0 Å². The SMILES string of the molecule is C=CC(=O)OCC=C=O. The molecule has 0 bridgehead atoms. The lowest BCUT2D eigenvalue weighted by molar-refractivity contribution is -0.136.